The van der Waals surface area contributed by atoms with Crippen molar-refractivity contribution in [2.75, 3.05) is 30.7 Å². The van der Waals surface area contributed by atoms with Gasteiger partial charge in [-0.15, -0.1) is 0 Å². The Labute approximate surface area is 118 Å². The quantitative estimate of drug-likeness (QED) is 0.837. The SMILES string of the molecule is C[C@H]1CCCN(CC(=O)Nc2ccc(Cl)c(N)c2)C1. The van der Waals surface area contributed by atoms with Gasteiger partial charge in [-0.25, -0.2) is 0 Å². The van der Waals surface area contributed by atoms with Crippen LogP contribution in [0.3, 0.4) is 0 Å². The topological polar surface area (TPSA) is 58.4 Å². The summed E-state index contributed by atoms with van der Waals surface area (Å²) in [6.07, 6.45) is 2.42. The van der Waals surface area contributed by atoms with Gasteiger partial charge in [0.25, 0.3) is 0 Å². The van der Waals surface area contributed by atoms with E-state index in [2.05, 4.69) is 17.1 Å². The molecular formula is C14H20ClN3O. The summed E-state index contributed by atoms with van der Waals surface area (Å²) in [4.78, 5) is 14.2. The number of nitrogens with zero attached hydrogens (tertiary/aromatic N) is 1. The molecule has 0 unspecified atom stereocenters. The minimum absolute atomic E-state index is 0.00387. The molecule has 1 heterocycles. The van der Waals surface area contributed by atoms with Crippen molar-refractivity contribution in [2.45, 2.75) is 19.8 Å². The number of hydrogen-bond acceptors (Lipinski definition) is 3. The van der Waals surface area contributed by atoms with Gasteiger partial charge in [-0.3, -0.25) is 9.69 Å². The Bertz CT molecular complexity index is 464. The van der Waals surface area contributed by atoms with E-state index in [4.69, 9.17) is 17.3 Å². The Morgan fingerprint density at radius 3 is 3.05 bits per heavy atom. The molecule has 0 saturated carbocycles. The van der Waals surface area contributed by atoms with Gasteiger partial charge in [0.15, 0.2) is 0 Å². The highest BCUT2D eigenvalue weighted by Gasteiger charge is 2.18. The molecule has 1 amide bonds. The van der Waals surface area contributed by atoms with E-state index < -0.39 is 0 Å². The highest BCUT2D eigenvalue weighted by atomic mass is 35.5. The summed E-state index contributed by atoms with van der Waals surface area (Å²) in [5, 5.41) is 3.36. The van der Waals surface area contributed by atoms with Crippen LogP contribution in [-0.2, 0) is 4.79 Å². The van der Waals surface area contributed by atoms with E-state index in [1.165, 1.54) is 12.8 Å². The van der Waals surface area contributed by atoms with E-state index in [9.17, 15) is 4.79 Å². The van der Waals surface area contributed by atoms with Crippen molar-refractivity contribution in [3.05, 3.63) is 23.2 Å². The van der Waals surface area contributed by atoms with Gasteiger partial charge in [-0.05, 0) is 43.5 Å². The molecule has 3 N–H and O–H groups in total. The van der Waals surface area contributed by atoms with Crippen molar-refractivity contribution in [1.82, 2.24) is 4.90 Å². The molecule has 0 aromatic heterocycles. The number of rotatable bonds is 3. The maximum atomic E-state index is 12.0. The molecule has 1 fully saturated rings. The fourth-order valence-corrected chi connectivity index (χ4v) is 2.57. The second-order valence-electron chi connectivity index (χ2n) is 5.27. The number of nitrogens with two attached hydrogens (primary N) is 1. The van der Waals surface area contributed by atoms with Crippen LogP contribution in [0, 0.1) is 5.92 Å². The Morgan fingerprint density at radius 2 is 2.37 bits per heavy atom. The summed E-state index contributed by atoms with van der Waals surface area (Å²) >= 11 is 5.84. The van der Waals surface area contributed by atoms with Gasteiger partial charge in [0.1, 0.15) is 0 Å². The van der Waals surface area contributed by atoms with Crippen LogP contribution in [0.2, 0.25) is 5.02 Å². The first-order valence-electron chi connectivity index (χ1n) is 6.62. The van der Waals surface area contributed by atoms with Crippen LogP contribution in [0.5, 0.6) is 0 Å². The Balaban J connectivity index is 1.88. The van der Waals surface area contributed by atoms with Crippen LogP contribution in [0.15, 0.2) is 18.2 Å². The number of carbonyl (C=O) groups excluding carboxylic acids is 1. The second kappa shape index (κ2) is 6.26. The number of piperidine rings is 1. The van der Waals surface area contributed by atoms with Crippen molar-refractivity contribution in [1.29, 1.82) is 0 Å². The molecule has 2 rings (SSSR count). The normalized spacial score (nSPS) is 20.2. The largest absolute Gasteiger partial charge is 0.397 e. The van der Waals surface area contributed by atoms with E-state index in [1.54, 1.807) is 18.2 Å². The van der Waals surface area contributed by atoms with E-state index >= 15 is 0 Å². The van der Waals surface area contributed by atoms with Gasteiger partial charge >= 0.3 is 0 Å². The number of nitrogen functional groups attached to an aromatic ring is 1. The number of halogens is 1. The third kappa shape index (κ3) is 4.11. The first-order valence-corrected chi connectivity index (χ1v) is 6.99. The zero-order valence-electron chi connectivity index (χ0n) is 11.2. The number of benzene rings is 1. The van der Waals surface area contributed by atoms with E-state index in [0.29, 0.717) is 28.9 Å². The average molecular weight is 282 g/mol. The fourth-order valence-electron chi connectivity index (χ4n) is 2.46. The molecule has 1 aliphatic rings. The summed E-state index contributed by atoms with van der Waals surface area (Å²) in [5.41, 5.74) is 6.87. The first kappa shape index (κ1) is 14.2. The van der Waals surface area contributed by atoms with Gasteiger partial charge < -0.3 is 11.1 Å². The zero-order chi connectivity index (χ0) is 13.8. The average Bonchev–Trinajstić information content (AvgIpc) is 2.34. The van der Waals surface area contributed by atoms with Gasteiger partial charge in [0.2, 0.25) is 5.91 Å². The van der Waals surface area contributed by atoms with Gasteiger partial charge in [-0.2, -0.15) is 0 Å². The first-order chi connectivity index (χ1) is 9.04. The molecule has 1 aliphatic heterocycles. The van der Waals surface area contributed by atoms with Crippen molar-refractivity contribution in [3.8, 4) is 0 Å². The molecule has 19 heavy (non-hydrogen) atoms. The molecule has 0 spiro atoms. The highest BCUT2D eigenvalue weighted by molar-refractivity contribution is 6.33. The number of likely N-dealkylation sites (tertiary alicyclic amines) is 1. The van der Waals surface area contributed by atoms with Crippen LogP contribution >= 0.6 is 11.6 Å². The van der Waals surface area contributed by atoms with Crippen molar-refractivity contribution >= 4 is 28.9 Å². The van der Waals surface area contributed by atoms with Crippen LogP contribution in [0.4, 0.5) is 11.4 Å². The van der Waals surface area contributed by atoms with E-state index in [1.807, 2.05) is 0 Å². The molecule has 0 aliphatic carbocycles. The molecule has 1 saturated heterocycles. The fraction of sp³-hybridized carbons (Fsp3) is 0.500. The Kier molecular flexibility index (Phi) is 4.66. The molecule has 1 atom stereocenters. The Hall–Kier alpha value is -1.26. The predicted octanol–water partition coefficient (Wildman–Crippen LogP) is 2.59. The third-order valence-electron chi connectivity index (χ3n) is 3.39. The molecular weight excluding hydrogens is 262 g/mol. The summed E-state index contributed by atoms with van der Waals surface area (Å²) in [6, 6.07) is 5.13. The highest BCUT2D eigenvalue weighted by Crippen LogP contribution is 2.22. The lowest BCUT2D eigenvalue weighted by Crippen LogP contribution is -2.39. The van der Waals surface area contributed by atoms with Gasteiger partial charge in [0, 0.05) is 12.2 Å². The maximum Gasteiger partial charge on any atom is 0.238 e. The molecule has 0 radical (unpaired) electrons. The van der Waals surface area contributed by atoms with Gasteiger partial charge in [0.05, 0.1) is 17.3 Å². The molecule has 1 aromatic rings. The van der Waals surface area contributed by atoms with Crippen LogP contribution in [0.25, 0.3) is 0 Å². The zero-order valence-corrected chi connectivity index (χ0v) is 11.9. The lowest BCUT2D eigenvalue weighted by atomic mass is 10.0. The predicted molar refractivity (Wildman–Crippen MR) is 79.3 cm³/mol. The van der Waals surface area contributed by atoms with Crippen LogP contribution in [-0.4, -0.2) is 30.4 Å². The molecule has 5 heteroatoms. The molecule has 0 bridgehead atoms. The minimum atomic E-state index is -0.00387. The monoisotopic (exact) mass is 281 g/mol. The lowest BCUT2D eigenvalue weighted by Gasteiger charge is -2.30. The number of nitrogens with one attached hydrogen (secondary N) is 1. The summed E-state index contributed by atoms with van der Waals surface area (Å²) in [5.74, 6) is 0.670. The molecule has 104 valence electrons. The van der Waals surface area contributed by atoms with Crippen molar-refractivity contribution in [3.63, 3.8) is 0 Å². The second-order valence-corrected chi connectivity index (χ2v) is 5.67. The van der Waals surface area contributed by atoms with Crippen molar-refractivity contribution < 1.29 is 4.79 Å². The molecule has 4 nitrogen and oxygen atoms in total. The summed E-state index contributed by atoms with van der Waals surface area (Å²) < 4.78 is 0. The number of amides is 1. The van der Waals surface area contributed by atoms with Crippen LogP contribution in [0.1, 0.15) is 19.8 Å². The smallest absolute Gasteiger partial charge is 0.238 e. The number of anilines is 2. The van der Waals surface area contributed by atoms with Crippen molar-refractivity contribution in [2.24, 2.45) is 5.92 Å². The number of hydrogen-bond donors (Lipinski definition) is 2. The summed E-state index contributed by atoms with van der Waals surface area (Å²) in [7, 11) is 0. The Morgan fingerprint density at radius 1 is 1.58 bits per heavy atom. The van der Waals surface area contributed by atoms with Gasteiger partial charge in [-0.1, -0.05) is 18.5 Å². The standard InChI is InChI=1S/C14H20ClN3O/c1-10-3-2-6-18(8-10)9-14(19)17-11-4-5-12(15)13(16)7-11/h4-5,7,10H,2-3,6,8-9,16H2,1H3,(H,17,19)/t10-/m0/s1. The van der Waals surface area contributed by atoms with E-state index in [-0.39, 0.29) is 5.91 Å². The summed E-state index contributed by atoms with van der Waals surface area (Å²) in [6.45, 7) is 4.66. The maximum absolute atomic E-state index is 12.0. The third-order valence-corrected chi connectivity index (χ3v) is 3.73. The van der Waals surface area contributed by atoms with E-state index in [0.717, 1.165) is 13.1 Å². The molecule has 1 aromatic carbocycles. The lowest BCUT2D eigenvalue weighted by molar-refractivity contribution is -0.117. The number of carbonyl (C=O) groups is 1. The van der Waals surface area contributed by atoms with Crippen LogP contribution < -0.4 is 11.1 Å². The minimum Gasteiger partial charge on any atom is -0.397 e.